The summed E-state index contributed by atoms with van der Waals surface area (Å²) in [6.45, 7) is 1.76. The maximum atomic E-state index is 12.3. The van der Waals surface area contributed by atoms with E-state index in [0.29, 0.717) is 21.2 Å². The zero-order valence-corrected chi connectivity index (χ0v) is 12.2. The van der Waals surface area contributed by atoms with E-state index in [-0.39, 0.29) is 5.91 Å². The predicted octanol–water partition coefficient (Wildman–Crippen LogP) is 2.68. The van der Waals surface area contributed by atoms with Crippen LogP contribution in [-0.4, -0.2) is 10.9 Å². The number of hydrazine groups is 1. The summed E-state index contributed by atoms with van der Waals surface area (Å²) in [6.07, 6.45) is 3.26. The number of nitrogens with two attached hydrogens (primary N) is 1. The van der Waals surface area contributed by atoms with Crippen molar-refractivity contribution < 1.29 is 4.79 Å². The molecule has 1 amide bonds. The summed E-state index contributed by atoms with van der Waals surface area (Å²) >= 11 is 12.0. The molecule has 0 spiro atoms. The van der Waals surface area contributed by atoms with Gasteiger partial charge < -0.3 is 0 Å². The Labute approximate surface area is 126 Å². The van der Waals surface area contributed by atoms with Crippen molar-refractivity contribution in [1.82, 2.24) is 10.4 Å². The molecule has 1 unspecified atom stereocenters. The molecule has 0 aliphatic rings. The summed E-state index contributed by atoms with van der Waals surface area (Å²) in [6, 6.07) is 8.62. The van der Waals surface area contributed by atoms with Crippen LogP contribution in [0.25, 0.3) is 0 Å². The molecule has 2 rings (SSSR count). The zero-order chi connectivity index (χ0) is 14.8. The van der Waals surface area contributed by atoms with E-state index in [4.69, 9.17) is 29.0 Å². The van der Waals surface area contributed by atoms with E-state index < -0.39 is 5.41 Å². The maximum Gasteiger partial charge on any atom is 0.248 e. The van der Waals surface area contributed by atoms with Crippen LogP contribution in [0.4, 0.5) is 0 Å². The van der Waals surface area contributed by atoms with Crippen molar-refractivity contribution in [2.75, 3.05) is 0 Å². The average Bonchev–Trinajstić information content (AvgIpc) is 2.49. The molecule has 0 aliphatic carbocycles. The van der Waals surface area contributed by atoms with E-state index in [9.17, 15) is 4.79 Å². The van der Waals surface area contributed by atoms with Crippen LogP contribution in [0, 0.1) is 0 Å². The third kappa shape index (κ3) is 2.50. The topological polar surface area (TPSA) is 68.0 Å². The van der Waals surface area contributed by atoms with Gasteiger partial charge in [0.2, 0.25) is 5.91 Å². The van der Waals surface area contributed by atoms with Gasteiger partial charge in [0.25, 0.3) is 0 Å². The Kier molecular flexibility index (Phi) is 4.28. The molecule has 0 radical (unpaired) electrons. The third-order valence-corrected chi connectivity index (χ3v) is 4.06. The van der Waals surface area contributed by atoms with Crippen LogP contribution in [0.5, 0.6) is 0 Å². The number of pyridine rings is 1. The van der Waals surface area contributed by atoms with Gasteiger partial charge in [-0.3, -0.25) is 15.2 Å². The molecule has 1 aromatic heterocycles. The second kappa shape index (κ2) is 5.79. The number of carbonyl (C=O) groups excluding carboxylic acids is 1. The first-order valence-electron chi connectivity index (χ1n) is 5.87. The fourth-order valence-electron chi connectivity index (χ4n) is 2.04. The minimum atomic E-state index is -1.00. The molecule has 20 heavy (non-hydrogen) atoms. The Morgan fingerprint density at radius 3 is 2.55 bits per heavy atom. The van der Waals surface area contributed by atoms with Gasteiger partial charge in [0.05, 0.1) is 15.5 Å². The number of nitrogens with one attached hydrogen (secondary N) is 1. The van der Waals surface area contributed by atoms with E-state index >= 15 is 0 Å². The Balaban J connectivity index is 2.64. The molecule has 6 heteroatoms. The number of aromatic nitrogens is 1. The fourth-order valence-corrected chi connectivity index (χ4v) is 2.34. The summed E-state index contributed by atoms with van der Waals surface area (Å²) in [5.41, 5.74) is 2.58. The van der Waals surface area contributed by atoms with Gasteiger partial charge in [-0.1, -0.05) is 35.3 Å². The van der Waals surface area contributed by atoms with Crippen LogP contribution >= 0.6 is 23.2 Å². The molecule has 1 atom stereocenters. The maximum absolute atomic E-state index is 12.3. The number of halogens is 2. The molecule has 0 saturated heterocycles. The molecular formula is C14H13Cl2N3O. The van der Waals surface area contributed by atoms with Crippen LogP contribution in [0.2, 0.25) is 10.0 Å². The van der Waals surface area contributed by atoms with E-state index in [0.717, 1.165) is 0 Å². The normalized spacial score (nSPS) is 13.6. The smallest absolute Gasteiger partial charge is 0.248 e. The quantitative estimate of drug-likeness (QED) is 0.520. The average molecular weight is 310 g/mol. The third-order valence-electron chi connectivity index (χ3n) is 3.32. The van der Waals surface area contributed by atoms with Gasteiger partial charge in [0.15, 0.2) is 0 Å². The zero-order valence-electron chi connectivity index (χ0n) is 10.7. The van der Waals surface area contributed by atoms with E-state index in [1.54, 1.807) is 43.6 Å². The van der Waals surface area contributed by atoms with Crippen LogP contribution in [-0.2, 0) is 10.2 Å². The first-order valence-corrected chi connectivity index (χ1v) is 6.63. The van der Waals surface area contributed by atoms with Crippen LogP contribution in [0.15, 0.2) is 42.7 Å². The van der Waals surface area contributed by atoms with Gasteiger partial charge in [-0.25, -0.2) is 5.84 Å². The van der Waals surface area contributed by atoms with Crippen LogP contribution < -0.4 is 11.3 Å². The SMILES string of the molecule is CC(C(=O)NN)(c1cccnc1)c1ccc(Cl)c(Cl)c1. The van der Waals surface area contributed by atoms with Gasteiger partial charge in [-0.15, -0.1) is 0 Å². The molecule has 0 fully saturated rings. The standard InChI is InChI=1S/C14H13Cl2N3O/c1-14(13(20)19-17,10-3-2-6-18-8-10)9-4-5-11(15)12(16)7-9/h2-8H,17H2,1H3,(H,19,20). The second-order valence-corrected chi connectivity index (χ2v) is 5.28. The van der Waals surface area contributed by atoms with Crippen molar-refractivity contribution in [2.24, 2.45) is 5.84 Å². The summed E-state index contributed by atoms with van der Waals surface area (Å²) in [7, 11) is 0. The van der Waals surface area contributed by atoms with Crippen LogP contribution in [0.1, 0.15) is 18.1 Å². The summed E-state index contributed by atoms with van der Waals surface area (Å²) in [4.78, 5) is 16.3. The number of amides is 1. The van der Waals surface area contributed by atoms with Gasteiger partial charge in [-0.2, -0.15) is 0 Å². The number of hydrogen-bond acceptors (Lipinski definition) is 3. The van der Waals surface area contributed by atoms with Crippen molar-refractivity contribution in [1.29, 1.82) is 0 Å². The summed E-state index contributed by atoms with van der Waals surface area (Å²) < 4.78 is 0. The number of rotatable bonds is 3. The molecule has 0 saturated carbocycles. The Morgan fingerprint density at radius 1 is 1.25 bits per heavy atom. The second-order valence-electron chi connectivity index (χ2n) is 4.47. The molecule has 2 aromatic rings. The molecule has 1 heterocycles. The van der Waals surface area contributed by atoms with Gasteiger partial charge in [0.1, 0.15) is 0 Å². The number of carbonyl (C=O) groups is 1. The van der Waals surface area contributed by atoms with E-state index in [2.05, 4.69) is 10.4 Å². The first kappa shape index (κ1) is 14.8. The molecule has 0 bridgehead atoms. The highest BCUT2D eigenvalue weighted by molar-refractivity contribution is 6.42. The lowest BCUT2D eigenvalue weighted by atomic mass is 9.76. The Hall–Kier alpha value is -1.62. The van der Waals surface area contributed by atoms with Crippen molar-refractivity contribution >= 4 is 29.1 Å². The highest BCUT2D eigenvalue weighted by Gasteiger charge is 2.37. The van der Waals surface area contributed by atoms with Gasteiger partial charge in [-0.05, 0) is 36.2 Å². The first-order chi connectivity index (χ1) is 9.50. The van der Waals surface area contributed by atoms with Crippen molar-refractivity contribution in [3.8, 4) is 0 Å². The Bertz CT molecular complexity index is 634. The largest absolute Gasteiger partial charge is 0.293 e. The number of benzene rings is 1. The lowest BCUT2D eigenvalue weighted by Crippen LogP contribution is -2.46. The molecule has 3 N–H and O–H groups in total. The van der Waals surface area contributed by atoms with Gasteiger partial charge >= 0.3 is 0 Å². The number of hydrogen-bond donors (Lipinski definition) is 2. The van der Waals surface area contributed by atoms with Crippen molar-refractivity contribution in [3.05, 3.63) is 63.9 Å². The molecular weight excluding hydrogens is 297 g/mol. The lowest BCUT2D eigenvalue weighted by molar-refractivity contribution is -0.124. The predicted molar refractivity (Wildman–Crippen MR) is 79.5 cm³/mol. The van der Waals surface area contributed by atoms with Crippen LogP contribution in [0.3, 0.4) is 0 Å². The van der Waals surface area contributed by atoms with Crippen molar-refractivity contribution in [2.45, 2.75) is 12.3 Å². The summed E-state index contributed by atoms with van der Waals surface area (Å²) in [5, 5.41) is 0.807. The van der Waals surface area contributed by atoms with Crippen molar-refractivity contribution in [3.63, 3.8) is 0 Å². The fraction of sp³-hybridized carbons (Fsp3) is 0.143. The summed E-state index contributed by atoms with van der Waals surface area (Å²) in [5.74, 6) is 4.96. The highest BCUT2D eigenvalue weighted by atomic mass is 35.5. The molecule has 4 nitrogen and oxygen atoms in total. The van der Waals surface area contributed by atoms with Gasteiger partial charge in [0, 0.05) is 12.4 Å². The monoisotopic (exact) mass is 309 g/mol. The number of nitrogens with zero attached hydrogens (tertiary/aromatic N) is 1. The minimum Gasteiger partial charge on any atom is -0.293 e. The highest BCUT2D eigenvalue weighted by Crippen LogP contribution is 2.35. The minimum absolute atomic E-state index is 0.358. The van der Waals surface area contributed by atoms with E-state index in [1.807, 2.05) is 6.07 Å². The molecule has 1 aromatic carbocycles. The molecule has 104 valence electrons. The molecule has 0 aliphatic heterocycles. The lowest BCUT2D eigenvalue weighted by Gasteiger charge is -2.28. The Morgan fingerprint density at radius 2 is 2.00 bits per heavy atom. The van der Waals surface area contributed by atoms with E-state index in [1.165, 1.54) is 0 Å².